The van der Waals surface area contributed by atoms with Crippen molar-refractivity contribution >= 4 is 23.9 Å². The van der Waals surface area contributed by atoms with Crippen molar-refractivity contribution in [2.45, 2.75) is 83.1 Å². The van der Waals surface area contributed by atoms with Gasteiger partial charge in [0.1, 0.15) is 0 Å². The van der Waals surface area contributed by atoms with Crippen LogP contribution in [0.1, 0.15) is 83.1 Å². The van der Waals surface area contributed by atoms with Gasteiger partial charge in [-0.25, -0.2) is 0 Å². The van der Waals surface area contributed by atoms with Crippen LogP contribution in [0.2, 0.25) is 0 Å². The van der Waals surface area contributed by atoms with E-state index in [2.05, 4.69) is 0 Å². The van der Waals surface area contributed by atoms with Gasteiger partial charge in [-0.2, -0.15) is 0 Å². The molecule has 30 heavy (non-hydrogen) atoms. The normalized spacial score (nSPS) is 10.5. The van der Waals surface area contributed by atoms with Crippen molar-refractivity contribution in [1.29, 1.82) is 0 Å². The van der Waals surface area contributed by atoms with Crippen LogP contribution in [0.25, 0.3) is 0 Å². The van der Waals surface area contributed by atoms with Gasteiger partial charge in [-0.3, -0.25) is 19.2 Å². The first-order valence-corrected chi connectivity index (χ1v) is 8.71. The van der Waals surface area contributed by atoms with Crippen LogP contribution in [0.5, 0.6) is 0 Å². The molecule has 0 spiro atoms. The Kier molecular flexibility index (Phi) is 24.1. The molecule has 0 bridgehead atoms. The van der Waals surface area contributed by atoms with Crippen LogP contribution in [0.15, 0.2) is 0 Å². The summed E-state index contributed by atoms with van der Waals surface area (Å²) < 4.78 is 0. The van der Waals surface area contributed by atoms with Crippen LogP contribution in [-0.2, 0) is 58.1 Å². The topological polar surface area (TPSA) is 149 Å². The quantitative estimate of drug-likeness (QED) is 0.292. The molecular formula is C20H40O8Rh2. The van der Waals surface area contributed by atoms with E-state index in [0.717, 1.165) is 0 Å². The Morgan fingerprint density at radius 2 is 0.400 bits per heavy atom. The van der Waals surface area contributed by atoms with Crippen LogP contribution in [0.3, 0.4) is 0 Å². The van der Waals surface area contributed by atoms with E-state index in [-0.39, 0.29) is 39.0 Å². The Labute approximate surface area is 206 Å². The van der Waals surface area contributed by atoms with Crippen molar-refractivity contribution in [3.63, 3.8) is 0 Å². The fraction of sp³-hybridized carbons (Fsp3) is 0.800. The molecule has 0 fully saturated rings. The minimum atomic E-state index is -0.757. The van der Waals surface area contributed by atoms with Gasteiger partial charge < -0.3 is 20.4 Å². The summed E-state index contributed by atoms with van der Waals surface area (Å²) in [5.41, 5.74) is -2.33. The van der Waals surface area contributed by atoms with Crippen molar-refractivity contribution in [2.75, 3.05) is 0 Å². The average Bonchev–Trinajstić information content (AvgIpc) is 2.35. The molecule has 0 aromatic rings. The van der Waals surface area contributed by atoms with Crippen molar-refractivity contribution in [2.24, 2.45) is 21.7 Å². The molecule has 0 saturated heterocycles. The SMILES string of the molecule is CC(C)(C)C(=O)O.CC(C)(C)C(=O)O.CC(C)(C)C(=O)O.CC(C)(C)C(=O)O.[Rh].[Rh]. The van der Waals surface area contributed by atoms with Crippen LogP contribution in [0, 0.1) is 21.7 Å². The van der Waals surface area contributed by atoms with E-state index in [1.165, 1.54) is 0 Å². The van der Waals surface area contributed by atoms with E-state index in [9.17, 15) is 19.2 Å². The van der Waals surface area contributed by atoms with Crippen LogP contribution in [0.4, 0.5) is 0 Å². The molecule has 8 nitrogen and oxygen atoms in total. The second-order valence-electron chi connectivity index (χ2n) is 10.2. The maximum absolute atomic E-state index is 10.0. The second kappa shape index (κ2) is 16.8. The third-order valence-electron chi connectivity index (χ3n) is 2.57. The van der Waals surface area contributed by atoms with Crippen LogP contribution in [-0.4, -0.2) is 44.3 Å². The van der Waals surface area contributed by atoms with Crippen LogP contribution < -0.4 is 0 Å². The molecule has 0 saturated carbocycles. The van der Waals surface area contributed by atoms with Crippen molar-refractivity contribution < 1.29 is 78.6 Å². The average molecular weight is 614 g/mol. The van der Waals surface area contributed by atoms with Gasteiger partial charge in [0.2, 0.25) is 0 Å². The Morgan fingerprint density at radius 1 is 0.367 bits per heavy atom. The molecule has 0 rings (SSSR count). The molecule has 4 N–H and O–H groups in total. The molecule has 0 aliphatic carbocycles. The number of hydrogen-bond donors (Lipinski definition) is 4. The van der Waals surface area contributed by atoms with E-state index in [1.54, 1.807) is 83.1 Å². The molecule has 0 amide bonds. The monoisotopic (exact) mass is 614 g/mol. The maximum Gasteiger partial charge on any atom is 0.308 e. The first-order valence-electron chi connectivity index (χ1n) is 8.71. The van der Waals surface area contributed by atoms with E-state index in [0.29, 0.717) is 0 Å². The van der Waals surface area contributed by atoms with Gasteiger partial charge in [-0.05, 0) is 83.1 Å². The Balaban J connectivity index is -0.0000000626. The molecular weight excluding hydrogens is 574 g/mol. The zero-order chi connectivity index (χ0) is 24.3. The fourth-order valence-corrected chi connectivity index (χ4v) is 0. The van der Waals surface area contributed by atoms with E-state index in [4.69, 9.17) is 20.4 Å². The summed E-state index contributed by atoms with van der Waals surface area (Å²) in [6.07, 6.45) is 0. The summed E-state index contributed by atoms with van der Waals surface area (Å²) in [5, 5.41) is 33.0. The molecule has 0 aliphatic rings. The number of hydrogen-bond acceptors (Lipinski definition) is 4. The van der Waals surface area contributed by atoms with Gasteiger partial charge in [-0.15, -0.1) is 0 Å². The Hall–Kier alpha value is -0.873. The van der Waals surface area contributed by atoms with Crippen molar-refractivity contribution in [1.82, 2.24) is 0 Å². The van der Waals surface area contributed by atoms with Crippen LogP contribution >= 0.6 is 0 Å². The third kappa shape index (κ3) is 34.6. The van der Waals surface area contributed by atoms with Gasteiger partial charge in [0.05, 0.1) is 21.7 Å². The second-order valence-corrected chi connectivity index (χ2v) is 10.2. The number of rotatable bonds is 0. The smallest absolute Gasteiger partial charge is 0.308 e. The predicted octanol–water partition coefficient (Wildman–Crippen LogP) is 4.46. The molecule has 2 radical (unpaired) electrons. The standard InChI is InChI=1S/4C5H10O2.2Rh/c4*1-5(2,3)4(6)7;;/h4*1-3H3,(H,6,7);;. The van der Waals surface area contributed by atoms with Gasteiger partial charge >= 0.3 is 23.9 Å². The summed E-state index contributed by atoms with van der Waals surface area (Å²) >= 11 is 0. The van der Waals surface area contributed by atoms with E-state index >= 15 is 0 Å². The van der Waals surface area contributed by atoms with Crippen molar-refractivity contribution in [3.8, 4) is 0 Å². The number of aliphatic carboxylic acids is 4. The minimum absolute atomic E-state index is 0. The van der Waals surface area contributed by atoms with Gasteiger partial charge in [0, 0.05) is 39.0 Å². The maximum atomic E-state index is 10.0. The third-order valence-corrected chi connectivity index (χ3v) is 2.57. The number of carboxylic acids is 4. The van der Waals surface area contributed by atoms with Gasteiger partial charge in [0.25, 0.3) is 0 Å². The Morgan fingerprint density at radius 3 is 0.400 bits per heavy atom. The summed E-state index contributed by atoms with van der Waals surface area (Å²) in [4.78, 5) is 40.1. The summed E-state index contributed by atoms with van der Waals surface area (Å²) in [6, 6.07) is 0. The van der Waals surface area contributed by atoms with Gasteiger partial charge in [0.15, 0.2) is 0 Å². The van der Waals surface area contributed by atoms with Crippen molar-refractivity contribution in [3.05, 3.63) is 0 Å². The predicted molar refractivity (Wildman–Crippen MR) is 108 cm³/mol. The molecule has 0 aromatic carbocycles. The molecule has 10 heteroatoms. The largest absolute Gasteiger partial charge is 0.481 e. The van der Waals surface area contributed by atoms with E-state index in [1.807, 2.05) is 0 Å². The van der Waals surface area contributed by atoms with E-state index < -0.39 is 45.5 Å². The zero-order valence-electron chi connectivity index (χ0n) is 20.1. The minimum Gasteiger partial charge on any atom is -0.481 e. The molecule has 0 heterocycles. The first kappa shape index (κ1) is 43.1. The fourth-order valence-electron chi connectivity index (χ4n) is 0. The number of carbonyl (C=O) groups is 4. The summed E-state index contributed by atoms with van der Waals surface area (Å²) in [5.74, 6) is -3.03. The Bertz CT molecular complexity index is 421. The molecule has 0 aromatic heterocycles. The molecule has 186 valence electrons. The molecule has 0 atom stereocenters. The summed E-state index contributed by atoms with van der Waals surface area (Å²) in [6.45, 7) is 19.9. The summed E-state index contributed by atoms with van der Waals surface area (Å²) in [7, 11) is 0. The number of carboxylic acid groups (broad SMARTS) is 4. The molecule has 0 unspecified atom stereocenters. The zero-order valence-corrected chi connectivity index (χ0v) is 23.4. The molecule has 0 aliphatic heterocycles. The van der Waals surface area contributed by atoms with Gasteiger partial charge in [-0.1, -0.05) is 0 Å². The first-order chi connectivity index (χ1) is 11.8.